The van der Waals surface area contributed by atoms with Gasteiger partial charge in [-0.05, 0) is 30.5 Å². The van der Waals surface area contributed by atoms with Gasteiger partial charge in [-0.3, -0.25) is 0 Å². The van der Waals surface area contributed by atoms with E-state index in [1.54, 1.807) is 6.92 Å². The molecule has 14 heavy (non-hydrogen) atoms. The highest BCUT2D eigenvalue weighted by Crippen LogP contribution is 2.21. The fraction of sp³-hybridized carbons (Fsp3) is 0.400. The lowest BCUT2D eigenvalue weighted by Crippen LogP contribution is -2.14. The number of hydrogen-bond donors (Lipinski definition) is 2. The van der Waals surface area contributed by atoms with Crippen LogP contribution in [-0.4, -0.2) is 11.7 Å². The third-order valence-corrected chi connectivity index (χ3v) is 2.19. The second-order valence-corrected chi connectivity index (χ2v) is 3.22. The fourth-order valence-electron chi connectivity index (χ4n) is 1.35. The Morgan fingerprint density at radius 3 is 2.64 bits per heavy atom. The van der Waals surface area contributed by atoms with Crippen LogP contribution in [-0.2, 0) is 0 Å². The highest BCUT2D eigenvalue weighted by Gasteiger charge is 2.13. The zero-order valence-corrected chi connectivity index (χ0v) is 7.93. The predicted molar refractivity (Wildman–Crippen MR) is 49.7 cm³/mol. The molecule has 0 aliphatic rings. The van der Waals surface area contributed by atoms with E-state index in [-0.39, 0.29) is 6.61 Å². The smallest absolute Gasteiger partial charge is 0.129 e. The Balaban J connectivity index is 3.07. The molecule has 0 bridgehead atoms. The molecule has 4 heteroatoms. The Labute approximate surface area is 81.4 Å². The third-order valence-electron chi connectivity index (χ3n) is 2.19. The third kappa shape index (κ3) is 2.27. The van der Waals surface area contributed by atoms with Crippen molar-refractivity contribution in [2.75, 3.05) is 6.61 Å². The molecule has 0 saturated carbocycles. The summed E-state index contributed by atoms with van der Waals surface area (Å²) in [7, 11) is 0. The molecule has 0 heterocycles. The maximum Gasteiger partial charge on any atom is 0.129 e. The monoisotopic (exact) mass is 201 g/mol. The average Bonchev–Trinajstić information content (AvgIpc) is 2.11. The van der Waals surface area contributed by atoms with E-state index in [0.717, 1.165) is 6.07 Å². The standard InChI is InChI=1S/C10H13F2NO/c1-6-8(10(13)2-3-14)4-7(11)5-9(6)12/h4-5,10,14H,2-3,13H2,1H3/t10-/m0/s1. The Bertz CT molecular complexity index is 328. The molecular weight excluding hydrogens is 188 g/mol. The molecule has 0 aliphatic carbocycles. The molecule has 1 rings (SSSR count). The topological polar surface area (TPSA) is 46.2 Å². The first-order valence-corrected chi connectivity index (χ1v) is 4.38. The molecule has 0 aliphatic heterocycles. The molecular formula is C10H13F2NO. The molecule has 0 radical (unpaired) electrons. The van der Waals surface area contributed by atoms with Crippen LogP contribution in [0, 0.1) is 18.6 Å². The molecule has 0 saturated heterocycles. The Morgan fingerprint density at radius 1 is 1.43 bits per heavy atom. The van der Waals surface area contributed by atoms with Gasteiger partial charge in [0.15, 0.2) is 0 Å². The second-order valence-electron chi connectivity index (χ2n) is 3.22. The first-order chi connectivity index (χ1) is 6.56. The first kappa shape index (κ1) is 11.1. The summed E-state index contributed by atoms with van der Waals surface area (Å²) in [6.07, 6.45) is 0.295. The van der Waals surface area contributed by atoms with Gasteiger partial charge in [-0.25, -0.2) is 8.78 Å². The van der Waals surface area contributed by atoms with Crippen LogP contribution < -0.4 is 5.73 Å². The van der Waals surface area contributed by atoms with E-state index in [0.29, 0.717) is 17.5 Å². The molecule has 0 unspecified atom stereocenters. The number of hydrogen-bond acceptors (Lipinski definition) is 2. The van der Waals surface area contributed by atoms with Crippen LogP contribution in [0.3, 0.4) is 0 Å². The molecule has 78 valence electrons. The highest BCUT2D eigenvalue weighted by molar-refractivity contribution is 5.30. The van der Waals surface area contributed by atoms with Crippen molar-refractivity contribution in [3.05, 3.63) is 34.9 Å². The Kier molecular flexibility index (Phi) is 3.55. The summed E-state index contributed by atoms with van der Waals surface area (Å²) >= 11 is 0. The normalized spacial score (nSPS) is 12.9. The van der Waals surface area contributed by atoms with Crippen LogP contribution in [0.15, 0.2) is 12.1 Å². The van der Waals surface area contributed by atoms with E-state index in [1.165, 1.54) is 6.07 Å². The van der Waals surface area contributed by atoms with Crippen molar-refractivity contribution in [2.24, 2.45) is 5.73 Å². The molecule has 1 atom stereocenters. The molecule has 0 spiro atoms. The summed E-state index contributed by atoms with van der Waals surface area (Å²) in [5.74, 6) is -1.25. The average molecular weight is 201 g/mol. The number of benzene rings is 1. The summed E-state index contributed by atoms with van der Waals surface area (Å²) in [6.45, 7) is 1.44. The maximum atomic E-state index is 13.1. The quantitative estimate of drug-likeness (QED) is 0.781. The van der Waals surface area contributed by atoms with Crippen LogP contribution in [0.4, 0.5) is 8.78 Å². The van der Waals surface area contributed by atoms with Crippen LogP contribution >= 0.6 is 0 Å². The molecule has 1 aromatic carbocycles. The van der Waals surface area contributed by atoms with Crippen LogP contribution in [0.1, 0.15) is 23.6 Å². The lowest BCUT2D eigenvalue weighted by molar-refractivity contribution is 0.276. The largest absolute Gasteiger partial charge is 0.396 e. The van der Waals surface area contributed by atoms with E-state index in [9.17, 15) is 8.78 Å². The number of nitrogens with two attached hydrogens (primary N) is 1. The Morgan fingerprint density at radius 2 is 2.07 bits per heavy atom. The van der Waals surface area contributed by atoms with Gasteiger partial charge in [-0.1, -0.05) is 0 Å². The van der Waals surface area contributed by atoms with E-state index < -0.39 is 17.7 Å². The fourth-order valence-corrected chi connectivity index (χ4v) is 1.35. The predicted octanol–water partition coefficient (Wildman–Crippen LogP) is 1.66. The van der Waals surface area contributed by atoms with Crippen molar-refractivity contribution in [1.82, 2.24) is 0 Å². The zero-order chi connectivity index (χ0) is 10.7. The highest BCUT2D eigenvalue weighted by atomic mass is 19.1. The minimum absolute atomic E-state index is 0.0985. The van der Waals surface area contributed by atoms with Crippen molar-refractivity contribution in [2.45, 2.75) is 19.4 Å². The van der Waals surface area contributed by atoms with Gasteiger partial charge in [0, 0.05) is 18.7 Å². The van der Waals surface area contributed by atoms with Crippen molar-refractivity contribution >= 4 is 0 Å². The maximum absolute atomic E-state index is 13.1. The van der Waals surface area contributed by atoms with Gasteiger partial charge < -0.3 is 10.8 Å². The van der Waals surface area contributed by atoms with Gasteiger partial charge in [0.05, 0.1) is 0 Å². The minimum Gasteiger partial charge on any atom is -0.396 e. The molecule has 2 nitrogen and oxygen atoms in total. The SMILES string of the molecule is Cc1c(F)cc(F)cc1[C@@H](N)CCO. The molecule has 0 fully saturated rings. The summed E-state index contributed by atoms with van der Waals surface area (Å²) in [4.78, 5) is 0. The molecule has 1 aromatic rings. The van der Waals surface area contributed by atoms with Crippen LogP contribution in [0.5, 0.6) is 0 Å². The molecule has 3 N–H and O–H groups in total. The van der Waals surface area contributed by atoms with Gasteiger partial charge in [0.2, 0.25) is 0 Å². The van der Waals surface area contributed by atoms with Crippen LogP contribution in [0.2, 0.25) is 0 Å². The summed E-state index contributed by atoms with van der Waals surface area (Å²) in [5, 5.41) is 8.66. The van der Waals surface area contributed by atoms with E-state index in [1.807, 2.05) is 0 Å². The lowest BCUT2D eigenvalue weighted by atomic mass is 9.99. The number of aliphatic hydroxyl groups is 1. The number of aliphatic hydroxyl groups excluding tert-OH is 1. The lowest BCUT2D eigenvalue weighted by Gasteiger charge is -2.14. The van der Waals surface area contributed by atoms with E-state index in [4.69, 9.17) is 10.8 Å². The Hall–Kier alpha value is -1.00. The molecule has 0 aromatic heterocycles. The summed E-state index contributed by atoms with van der Waals surface area (Å²) < 4.78 is 25.9. The summed E-state index contributed by atoms with van der Waals surface area (Å²) in [6, 6.07) is 1.51. The minimum atomic E-state index is -0.642. The number of rotatable bonds is 3. The first-order valence-electron chi connectivity index (χ1n) is 4.38. The van der Waals surface area contributed by atoms with Crippen molar-refractivity contribution in [1.29, 1.82) is 0 Å². The number of halogens is 2. The van der Waals surface area contributed by atoms with Crippen molar-refractivity contribution in [3.8, 4) is 0 Å². The van der Waals surface area contributed by atoms with Gasteiger partial charge in [0.1, 0.15) is 11.6 Å². The van der Waals surface area contributed by atoms with Crippen LogP contribution in [0.25, 0.3) is 0 Å². The van der Waals surface area contributed by atoms with E-state index in [2.05, 4.69) is 0 Å². The van der Waals surface area contributed by atoms with Gasteiger partial charge in [-0.2, -0.15) is 0 Å². The van der Waals surface area contributed by atoms with Gasteiger partial charge in [0.25, 0.3) is 0 Å². The molecule has 0 amide bonds. The summed E-state index contributed by atoms with van der Waals surface area (Å²) in [5.41, 5.74) is 6.40. The van der Waals surface area contributed by atoms with Crippen molar-refractivity contribution < 1.29 is 13.9 Å². The zero-order valence-electron chi connectivity index (χ0n) is 7.93. The van der Waals surface area contributed by atoms with E-state index >= 15 is 0 Å². The second kappa shape index (κ2) is 4.48. The van der Waals surface area contributed by atoms with Gasteiger partial charge in [-0.15, -0.1) is 0 Å². The van der Waals surface area contributed by atoms with Crippen molar-refractivity contribution in [3.63, 3.8) is 0 Å². The van der Waals surface area contributed by atoms with Gasteiger partial charge >= 0.3 is 0 Å².